The number of nitrogens with one attached hydrogen (secondary N) is 1. The van der Waals surface area contributed by atoms with E-state index in [1.807, 2.05) is 37.3 Å². The highest BCUT2D eigenvalue weighted by molar-refractivity contribution is 7.91. The van der Waals surface area contributed by atoms with Crippen LogP contribution in [0.3, 0.4) is 0 Å². The lowest BCUT2D eigenvalue weighted by atomic mass is 10.1. The summed E-state index contributed by atoms with van der Waals surface area (Å²) in [5.41, 5.74) is 0.908. The van der Waals surface area contributed by atoms with Crippen molar-refractivity contribution in [2.75, 3.05) is 5.75 Å². The van der Waals surface area contributed by atoms with Gasteiger partial charge in [0.25, 0.3) is 0 Å². The van der Waals surface area contributed by atoms with Gasteiger partial charge in [0.1, 0.15) is 11.5 Å². The molecule has 136 valence electrons. The number of benzene rings is 1. The van der Waals surface area contributed by atoms with Gasteiger partial charge in [-0.3, -0.25) is 4.79 Å². The van der Waals surface area contributed by atoms with Gasteiger partial charge in [-0.1, -0.05) is 48.8 Å². The molecule has 1 atom stereocenters. The van der Waals surface area contributed by atoms with E-state index in [0.29, 0.717) is 12.2 Å². The minimum absolute atomic E-state index is 0.0232. The minimum Gasteiger partial charge on any atom is -0.349 e. The second-order valence-corrected chi connectivity index (χ2v) is 8.00. The van der Waals surface area contributed by atoms with Crippen molar-refractivity contribution in [3.8, 4) is 0 Å². The molecule has 7 nitrogen and oxygen atoms in total. The summed E-state index contributed by atoms with van der Waals surface area (Å²) in [4.78, 5) is 16.1. The number of nitrogens with zero attached hydrogens (tertiary/aromatic N) is 2. The van der Waals surface area contributed by atoms with Crippen molar-refractivity contribution in [1.82, 2.24) is 15.5 Å². The van der Waals surface area contributed by atoms with Crippen molar-refractivity contribution >= 4 is 15.7 Å². The van der Waals surface area contributed by atoms with Crippen LogP contribution < -0.4 is 5.32 Å². The first-order valence-corrected chi connectivity index (χ1v) is 10.1. The van der Waals surface area contributed by atoms with Crippen molar-refractivity contribution < 1.29 is 17.7 Å². The summed E-state index contributed by atoms with van der Waals surface area (Å²) < 4.78 is 29.3. The maximum Gasteiger partial charge on any atom is 0.241 e. The third kappa shape index (κ3) is 6.30. The van der Waals surface area contributed by atoms with E-state index in [1.54, 1.807) is 6.92 Å². The van der Waals surface area contributed by atoms with Crippen LogP contribution in [0.4, 0.5) is 0 Å². The molecule has 0 saturated carbocycles. The topological polar surface area (TPSA) is 102 Å². The van der Waals surface area contributed by atoms with E-state index in [-0.39, 0.29) is 11.9 Å². The summed E-state index contributed by atoms with van der Waals surface area (Å²) in [6.07, 6.45) is 2.54. The second-order valence-electron chi connectivity index (χ2n) is 5.94. The fourth-order valence-corrected chi connectivity index (χ4v) is 3.41. The summed E-state index contributed by atoms with van der Waals surface area (Å²) >= 11 is 0. The second kappa shape index (κ2) is 8.75. The van der Waals surface area contributed by atoms with Crippen molar-refractivity contribution in [3.63, 3.8) is 0 Å². The molecule has 1 aromatic carbocycles. The number of aromatic nitrogens is 2. The Balaban J connectivity index is 1.89. The third-order valence-electron chi connectivity index (χ3n) is 3.64. The Kier molecular flexibility index (Phi) is 6.69. The fraction of sp³-hybridized carbons (Fsp3) is 0.471. The Morgan fingerprint density at radius 1 is 1.28 bits per heavy atom. The summed E-state index contributed by atoms with van der Waals surface area (Å²) in [5.74, 6) is -1.08. The monoisotopic (exact) mass is 365 g/mol. The van der Waals surface area contributed by atoms with E-state index in [4.69, 9.17) is 4.52 Å². The lowest BCUT2D eigenvalue weighted by Crippen LogP contribution is -2.32. The molecule has 0 fully saturated rings. The zero-order valence-corrected chi connectivity index (χ0v) is 15.3. The molecular weight excluding hydrogens is 342 g/mol. The normalized spacial score (nSPS) is 12.7. The van der Waals surface area contributed by atoms with Crippen molar-refractivity contribution in [1.29, 1.82) is 0 Å². The Hall–Kier alpha value is -2.22. The fourth-order valence-electron chi connectivity index (χ4n) is 2.33. The maximum atomic E-state index is 12.2. The van der Waals surface area contributed by atoms with Gasteiger partial charge in [0.15, 0.2) is 15.7 Å². The summed E-state index contributed by atoms with van der Waals surface area (Å²) in [5, 5.41) is 6.44. The molecule has 0 aliphatic rings. The highest BCUT2D eigenvalue weighted by Crippen LogP contribution is 2.12. The number of unbranched alkanes of at least 4 members (excludes halogenated alkanes) is 1. The lowest BCUT2D eigenvalue weighted by molar-refractivity contribution is -0.119. The Morgan fingerprint density at radius 2 is 2.00 bits per heavy atom. The number of sulfone groups is 1. The van der Waals surface area contributed by atoms with Gasteiger partial charge in [-0.05, 0) is 18.9 Å². The van der Waals surface area contributed by atoms with E-state index in [1.165, 1.54) is 0 Å². The van der Waals surface area contributed by atoms with Gasteiger partial charge < -0.3 is 9.84 Å². The van der Waals surface area contributed by atoms with E-state index < -0.39 is 27.3 Å². The Morgan fingerprint density at radius 3 is 2.68 bits per heavy atom. The number of amides is 1. The van der Waals surface area contributed by atoms with E-state index in [2.05, 4.69) is 15.5 Å². The predicted molar refractivity (Wildman–Crippen MR) is 93.4 cm³/mol. The van der Waals surface area contributed by atoms with Crippen LogP contribution in [-0.4, -0.2) is 30.2 Å². The molecule has 1 aromatic heterocycles. The number of aryl methyl sites for hydroxylation is 1. The third-order valence-corrected chi connectivity index (χ3v) is 5.02. The van der Waals surface area contributed by atoms with Gasteiger partial charge in [-0.25, -0.2) is 8.42 Å². The first kappa shape index (κ1) is 19.1. The van der Waals surface area contributed by atoms with E-state index >= 15 is 0 Å². The molecule has 1 N–H and O–H groups in total. The van der Waals surface area contributed by atoms with Crippen LogP contribution in [0.15, 0.2) is 34.9 Å². The molecule has 1 heterocycles. The largest absolute Gasteiger partial charge is 0.349 e. The molecule has 1 amide bonds. The molecule has 0 aliphatic heterocycles. The predicted octanol–water partition coefficient (Wildman–Crippen LogP) is 2.20. The van der Waals surface area contributed by atoms with E-state index in [9.17, 15) is 13.2 Å². The number of carbonyl (C=O) groups is 1. The highest BCUT2D eigenvalue weighted by Gasteiger charge is 2.22. The van der Waals surface area contributed by atoms with Crippen LogP contribution >= 0.6 is 0 Å². The van der Waals surface area contributed by atoms with Crippen molar-refractivity contribution in [2.24, 2.45) is 0 Å². The van der Waals surface area contributed by atoms with Gasteiger partial charge in [-0.2, -0.15) is 4.98 Å². The highest BCUT2D eigenvalue weighted by atomic mass is 32.2. The van der Waals surface area contributed by atoms with Gasteiger partial charge in [0.05, 0.1) is 6.04 Å². The first-order chi connectivity index (χ1) is 11.9. The number of hydrogen-bond donors (Lipinski definition) is 1. The van der Waals surface area contributed by atoms with Crippen LogP contribution in [0.25, 0.3) is 0 Å². The quantitative estimate of drug-likeness (QED) is 0.731. The van der Waals surface area contributed by atoms with Crippen LogP contribution in [-0.2, 0) is 26.8 Å². The van der Waals surface area contributed by atoms with Crippen LogP contribution in [0, 0.1) is 0 Å². The molecule has 0 saturated heterocycles. The van der Waals surface area contributed by atoms with Crippen molar-refractivity contribution in [3.05, 3.63) is 47.6 Å². The Bertz CT molecular complexity index is 787. The van der Waals surface area contributed by atoms with Gasteiger partial charge in [0.2, 0.25) is 11.8 Å². The zero-order valence-electron chi connectivity index (χ0n) is 14.4. The molecular formula is C17H23N3O4S. The average Bonchev–Trinajstić information content (AvgIpc) is 2.99. The SMILES string of the molecule is CCCCc1noc(CS(=O)(=O)CC(=O)N[C@H](C)c2ccccc2)n1. The molecule has 2 rings (SSSR count). The number of hydrogen-bond acceptors (Lipinski definition) is 6. The standard InChI is InChI=1S/C17H23N3O4S/c1-3-4-10-15-19-17(24-20-15)12-25(22,23)11-16(21)18-13(2)14-8-6-5-7-9-14/h5-9,13H,3-4,10-12H2,1-2H3,(H,18,21)/t13-/m1/s1. The molecule has 0 bridgehead atoms. The van der Waals surface area contributed by atoms with E-state index in [0.717, 1.165) is 18.4 Å². The van der Waals surface area contributed by atoms with Gasteiger partial charge in [-0.15, -0.1) is 0 Å². The summed E-state index contributed by atoms with van der Waals surface area (Å²) in [7, 11) is -3.68. The molecule has 0 spiro atoms. The molecule has 0 aliphatic carbocycles. The molecule has 0 radical (unpaired) electrons. The Labute approximate surface area is 147 Å². The number of rotatable bonds is 9. The number of carbonyl (C=O) groups excluding carboxylic acids is 1. The summed E-state index contributed by atoms with van der Waals surface area (Å²) in [6, 6.07) is 9.07. The van der Waals surface area contributed by atoms with Crippen LogP contribution in [0.2, 0.25) is 0 Å². The first-order valence-electron chi connectivity index (χ1n) is 8.26. The molecule has 8 heteroatoms. The maximum absolute atomic E-state index is 12.2. The summed E-state index contributed by atoms with van der Waals surface area (Å²) in [6.45, 7) is 3.85. The smallest absolute Gasteiger partial charge is 0.241 e. The van der Waals surface area contributed by atoms with Crippen LogP contribution in [0.5, 0.6) is 0 Å². The average molecular weight is 365 g/mol. The lowest BCUT2D eigenvalue weighted by Gasteiger charge is -2.14. The minimum atomic E-state index is -3.68. The van der Waals surface area contributed by atoms with Crippen LogP contribution in [0.1, 0.15) is 50.0 Å². The molecule has 25 heavy (non-hydrogen) atoms. The molecule has 2 aromatic rings. The van der Waals surface area contributed by atoms with Gasteiger partial charge >= 0.3 is 0 Å². The zero-order chi connectivity index (χ0) is 18.3. The molecule has 0 unspecified atom stereocenters. The van der Waals surface area contributed by atoms with Crippen molar-refractivity contribution in [2.45, 2.75) is 44.9 Å². The van der Waals surface area contributed by atoms with Gasteiger partial charge in [0, 0.05) is 6.42 Å².